The van der Waals surface area contributed by atoms with Crippen LogP contribution in [0.25, 0.3) is 0 Å². The SMILES string of the molecule is C.C.C1=CCCC1.C1=CCCCC1.CC.CC. The van der Waals surface area contributed by atoms with Crippen molar-refractivity contribution in [3.63, 3.8) is 0 Å². The van der Waals surface area contributed by atoms with Crippen LogP contribution in [0.2, 0.25) is 0 Å². The Morgan fingerprint density at radius 2 is 0.706 bits per heavy atom. The number of rotatable bonds is 0. The van der Waals surface area contributed by atoms with Gasteiger partial charge in [0.25, 0.3) is 0 Å². The van der Waals surface area contributed by atoms with Gasteiger partial charge in [0.1, 0.15) is 0 Å². The highest BCUT2D eigenvalue weighted by Crippen LogP contribution is 2.07. The van der Waals surface area contributed by atoms with Gasteiger partial charge in [0.2, 0.25) is 0 Å². The van der Waals surface area contributed by atoms with Crippen molar-refractivity contribution in [1.29, 1.82) is 0 Å². The van der Waals surface area contributed by atoms with E-state index in [1.54, 1.807) is 0 Å². The summed E-state index contributed by atoms with van der Waals surface area (Å²) in [6, 6.07) is 0. The zero-order valence-electron chi connectivity index (χ0n) is 11.3. The number of hydrogen-bond acceptors (Lipinski definition) is 0. The van der Waals surface area contributed by atoms with Crippen LogP contribution in [0.5, 0.6) is 0 Å². The van der Waals surface area contributed by atoms with Crippen LogP contribution in [0, 0.1) is 0 Å². The zero-order chi connectivity index (χ0) is 11.8. The second-order valence-corrected chi connectivity index (χ2v) is 3.16. The molecular formula is C17H38. The summed E-state index contributed by atoms with van der Waals surface area (Å²) in [6.45, 7) is 8.00. The van der Waals surface area contributed by atoms with Crippen LogP contribution < -0.4 is 0 Å². The summed E-state index contributed by atoms with van der Waals surface area (Å²) in [5.41, 5.74) is 0. The van der Waals surface area contributed by atoms with Crippen molar-refractivity contribution in [3.8, 4) is 0 Å². The summed E-state index contributed by atoms with van der Waals surface area (Å²) in [5, 5.41) is 0. The molecule has 0 heterocycles. The van der Waals surface area contributed by atoms with Crippen LogP contribution >= 0.6 is 0 Å². The third kappa shape index (κ3) is 25.6. The third-order valence-corrected chi connectivity index (χ3v) is 2.07. The van der Waals surface area contributed by atoms with Crippen molar-refractivity contribution in [1.82, 2.24) is 0 Å². The summed E-state index contributed by atoms with van der Waals surface area (Å²) < 4.78 is 0. The van der Waals surface area contributed by atoms with Gasteiger partial charge in [-0.25, -0.2) is 0 Å². The fourth-order valence-electron chi connectivity index (χ4n) is 1.35. The van der Waals surface area contributed by atoms with Gasteiger partial charge in [-0.2, -0.15) is 0 Å². The molecule has 0 aromatic rings. The largest absolute Gasteiger partial charge is 0.0885 e. The van der Waals surface area contributed by atoms with Crippen molar-refractivity contribution in [2.75, 3.05) is 0 Å². The van der Waals surface area contributed by atoms with E-state index >= 15 is 0 Å². The predicted octanol–water partition coefficient (Wildman–Crippen LogP) is 7.17. The maximum absolute atomic E-state index is 2.27. The minimum absolute atomic E-state index is 0. The first-order valence-electron chi connectivity index (χ1n) is 6.80. The highest BCUT2D eigenvalue weighted by molar-refractivity contribution is 4.88. The molecular weight excluding hydrogens is 204 g/mol. The quantitative estimate of drug-likeness (QED) is 0.395. The molecule has 0 aromatic heterocycles. The molecule has 106 valence electrons. The van der Waals surface area contributed by atoms with Gasteiger partial charge >= 0.3 is 0 Å². The van der Waals surface area contributed by atoms with E-state index in [-0.39, 0.29) is 14.9 Å². The molecule has 0 atom stereocenters. The van der Waals surface area contributed by atoms with E-state index in [9.17, 15) is 0 Å². The molecule has 0 heteroatoms. The topological polar surface area (TPSA) is 0 Å². The average molecular weight is 242 g/mol. The molecule has 0 aromatic carbocycles. The first-order chi connectivity index (χ1) is 7.50. The molecule has 0 unspecified atom stereocenters. The van der Waals surface area contributed by atoms with Gasteiger partial charge < -0.3 is 0 Å². The minimum atomic E-state index is 0. The maximum Gasteiger partial charge on any atom is -0.0348 e. The van der Waals surface area contributed by atoms with Gasteiger partial charge in [0.05, 0.1) is 0 Å². The second-order valence-electron chi connectivity index (χ2n) is 3.16. The Bertz CT molecular complexity index is 117. The molecule has 0 spiro atoms. The molecule has 0 amide bonds. The third-order valence-electron chi connectivity index (χ3n) is 2.07. The van der Waals surface area contributed by atoms with E-state index in [0.29, 0.717) is 0 Å². The lowest BCUT2D eigenvalue weighted by molar-refractivity contribution is 0.730. The van der Waals surface area contributed by atoms with Crippen molar-refractivity contribution in [2.45, 2.75) is 87.5 Å². The summed E-state index contributed by atoms with van der Waals surface area (Å²) in [4.78, 5) is 0. The summed E-state index contributed by atoms with van der Waals surface area (Å²) >= 11 is 0. The normalized spacial score (nSPS) is 14.4. The Morgan fingerprint density at radius 3 is 0.824 bits per heavy atom. The van der Waals surface area contributed by atoms with Crippen molar-refractivity contribution in [3.05, 3.63) is 24.3 Å². The van der Waals surface area contributed by atoms with E-state index in [1.165, 1.54) is 44.9 Å². The summed E-state index contributed by atoms with van der Waals surface area (Å²) in [6.07, 6.45) is 18.5. The molecule has 0 fully saturated rings. The Balaban J connectivity index is -0.0000000712. The van der Waals surface area contributed by atoms with Crippen LogP contribution in [0.1, 0.15) is 87.5 Å². The highest BCUT2D eigenvalue weighted by Gasteiger charge is 1.87. The molecule has 0 N–H and O–H groups in total. The van der Waals surface area contributed by atoms with Crippen LogP contribution in [-0.4, -0.2) is 0 Å². The predicted molar refractivity (Wildman–Crippen MR) is 86.8 cm³/mol. The van der Waals surface area contributed by atoms with Crippen LogP contribution in [0.4, 0.5) is 0 Å². The van der Waals surface area contributed by atoms with Crippen molar-refractivity contribution in [2.24, 2.45) is 0 Å². The highest BCUT2D eigenvalue weighted by atomic mass is 13.9. The van der Waals surface area contributed by atoms with Gasteiger partial charge in [-0.05, 0) is 44.9 Å². The molecule has 0 radical (unpaired) electrons. The Morgan fingerprint density at radius 1 is 0.471 bits per heavy atom. The maximum atomic E-state index is 2.27. The lowest BCUT2D eigenvalue weighted by Crippen LogP contribution is -1.77. The van der Waals surface area contributed by atoms with Gasteiger partial charge in [-0.3, -0.25) is 0 Å². The minimum Gasteiger partial charge on any atom is -0.0885 e. The molecule has 2 aliphatic carbocycles. The smallest absolute Gasteiger partial charge is 0.0348 e. The van der Waals surface area contributed by atoms with Crippen LogP contribution in [0.3, 0.4) is 0 Å². The van der Waals surface area contributed by atoms with E-state index < -0.39 is 0 Å². The zero-order valence-corrected chi connectivity index (χ0v) is 11.3. The number of allylic oxidation sites excluding steroid dienone is 4. The van der Waals surface area contributed by atoms with E-state index in [2.05, 4.69) is 24.3 Å². The van der Waals surface area contributed by atoms with Gasteiger partial charge in [0.15, 0.2) is 0 Å². The first-order valence-corrected chi connectivity index (χ1v) is 6.80. The molecule has 0 bridgehead atoms. The Kier molecular flexibility index (Phi) is 44.1. The van der Waals surface area contributed by atoms with E-state index in [1.807, 2.05) is 27.7 Å². The lowest BCUT2D eigenvalue weighted by atomic mass is 10.1. The molecule has 2 aliphatic rings. The standard InChI is InChI=1S/C6H10.C5H8.2C2H6.2CH4/c1-2-4-6-5-3-1;1-2-4-5-3-1;2*1-2;;/h1-2H,3-6H2;1-2H,3-5H2;2*1-2H3;2*1H4. The Hall–Kier alpha value is -0.520. The lowest BCUT2D eigenvalue weighted by Gasteiger charge is -1.97. The first kappa shape index (κ1) is 25.4. The van der Waals surface area contributed by atoms with Gasteiger partial charge in [0, 0.05) is 0 Å². The Labute approximate surface area is 112 Å². The fraction of sp³-hybridized carbons (Fsp3) is 0.765. The molecule has 2 rings (SSSR count). The van der Waals surface area contributed by atoms with Crippen molar-refractivity contribution < 1.29 is 0 Å². The molecule has 0 saturated heterocycles. The molecule has 0 saturated carbocycles. The van der Waals surface area contributed by atoms with Crippen LogP contribution in [-0.2, 0) is 0 Å². The van der Waals surface area contributed by atoms with Gasteiger partial charge in [-0.15, -0.1) is 0 Å². The summed E-state index contributed by atoms with van der Waals surface area (Å²) in [5.74, 6) is 0. The van der Waals surface area contributed by atoms with E-state index in [4.69, 9.17) is 0 Å². The van der Waals surface area contributed by atoms with Gasteiger partial charge in [-0.1, -0.05) is 66.9 Å². The molecule has 0 aliphatic heterocycles. The van der Waals surface area contributed by atoms with E-state index in [0.717, 1.165) is 0 Å². The monoisotopic (exact) mass is 242 g/mol. The molecule has 0 nitrogen and oxygen atoms in total. The molecule has 17 heavy (non-hydrogen) atoms. The fourth-order valence-corrected chi connectivity index (χ4v) is 1.35. The number of hydrogen-bond donors (Lipinski definition) is 0. The van der Waals surface area contributed by atoms with Crippen molar-refractivity contribution >= 4 is 0 Å². The van der Waals surface area contributed by atoms with Crippen LogP contribution in [0.15, 0.2) is 24.3 Å². The summed E-state index contributed by atoms with van der Waals surface area (Å²) in [7, 11) is 0. The average Bonchev–Trinajstić information content (AvgIpc) is 2.95. The second kappa shape index (κ2) is 29.6.